The lowest BCUT2D eigenvalue weighted by Gasteiger charge is -2.15. The molecule has 2 nitrogen and oxygen atoms in total. The zero-order valence-corrected chi connectivity index (χ0v) is 9.33. The van der Waals surface area contributed by atoms with E-state index in [9.17, 15) is 0 Å². The van der Waals surface area contributed by atoms with Crippen LogP contribution in [0.4, 0.5) is 0 Å². The van der Waals surface area contributed by atoms with Gasteiger partial charge in [0.1, 0.15) is 10.9 Å². The van der Waals surface area contributed by atoms with E-state index in [4.69, 9.17) is 5.26 Å². The fourth-order valence-electron chi connectivity index (χ4n) is 1.38. The van der Waals surface area contributed by atoms with Crippen molar-refractivity contribution in [3.8, 4) is 6.07 Å². The van der Waals surface area contributed by atoms with Gasteiger partial charge in [-0.25, -0.2) is 0 Å². The normalized spacial score (nSPS) is 11.9. The molecule has 3 heteroatoms. The SMILES string of the molecule is CC(C)(C)c1cc2sc(C#N)cc2[nH]1. The molecule has 0 saturated heterocycles. The van der Waals surface area contributed by atoms with Crippen molar-refractivity contribution in [3.05, 3.63) is 22.7 Å². The minimum atomic E-state index is 0.144. The molecule has 14 heavy (non-hydrogen) atoms. The largest absolute Gasteiger partial charge is 0.357 e. The molecule has 0 aliphatic carbocycles. The Kier molecular flexibility index (Phi) is 1.90. The number of H-pyrrole nitrogens is 1. The molecule has 2 aromatic rings. The smallest absolute Gasteiger partial charge is 0.110 e. The van der Waals surface area contributed by atoms with Gasteiger partial charge < -0.3 is 4.98 Å². The first kappa shape index (κ1) is 9.29. The van der Waals surface area contributed by atoms with Crippen LogP contribution in [0, 0.1) is 11.3 Å². The summed E-state index contributed by atoms with van der Waals surface area (Å²) >= 11 is 1.54. The van der Waals surface area contributed by atoms with E-state index in [0.29, 0.717) is 0 Å². The second-order valence-corrected chi connectivity index (χ2v) is 5.52. The van der Waals surface area contributed by atoms with E-state index in [1.807, 2.05) is 6.07 Å². The zero-order valence-electron chi connectivity index (χ0n) is 8.51. The van der Waals surface area contributed by atoms with Crippen LogP contribution in [0.1, 0.15) is 31.3 Å². The Morgan fingerprint density at radius 1 is 1.36 bits per heavy atom. The van der Waals surface area contributed by atoms with Crippen molar-refractivity contribution in [2.24, 2.45) is 0 Å². The van der Waals surface area contributed by atoms with E-state index in [1.54, 1.807) is 11.3 Å². The summed E-state index contributed by atoms with van der Waals surface area (Å²) in [6.07, 6.45) is 0. The van der Waals surface area contributed by atoms with Gasteiger partial charge in [-0.1, -0.05) is 20.8 Å². The molecule has 2 heterocycles. The fraction of sp³-hybridized carbons (Fsp3) is 0.364. The molecule has 72 valence electrons. The number of nitriles is 1. The van der Waals surface area contributed by atoms with Gasteiger partial charge >= 0.3 is 0 Å². The number of rotatable bonds is 0. The van der Waals surface area contributed by atoms with Crippen LogP contribution in [0.5, 0.6) is 0 Å². The second-order valence-electron chi connectivity index (χ2n) is 4.43. The lowest BCUT2D eigenvalue weighted by atomic mass is 9.93. The van der Waals surface area contributed by atoms with Crippen molar-refractivity contribution in [3.63, 3.8) is 0 Å². The highest BCUT2D eigenvalue weighted by Crippen LogP contribution is 2.30. The minimum Gasteiger partial charge on any atom is -0.357 e. The van der Waals surface area contributed by atoms with E-state index in [1.165, 1.54) is 10.4 Å². The minimum absolute atomic E-state index is 0.144. The highest BCUT2D eigenvalue weighted by molar-refractivity contribution is 7.19. The summed E-state index contributed by atoms with van der Waals surface area (Å²) in [5.41, 5.74) is 2.45. The lowest BCUT2D eigenvalue weighted by molar-refractivity contribution is 0.574. The van der Waals surface area contributed by atoms with Crippen LogP contribution in [0.2, 0.25) is 0 Å². The quantitative estimate of drug-likeness (QED) is 0.702. The van der Waals surface area contributed by atoms with Gasteiger partial charge in [0.2, 0.25) is 0 Å². The van der Waals surface area contributed by atoms with Gasteiger partial charge in [-0.2, -0.15) is 5.26 Å². The van der Waals surface area contributed by atoms with E-state index in [2.05, 4.69) is 37.9 Å². The number of aromatic nitrogens is 1. The van der Waals surface area contributed by atoms with Crippen molar-refractivity contribution in [2.45, 2.75) is 26.2 Å². The van der Waals surface area contributed by atoms with E-state index < -0.39 is 0 Å². The predicted octanol–water partition coefficient (Wildman–Crippen LogP) is 3.40. The summed E-state index contributed by atoms with van der Waals surface area (Å²) in [6.45, 7) is 6.52. The van der Waals surface area contributed by atoms with Crippen LogP contribution < -0.4 is 0 Å². The predicted molar refractivity (Wildman–Crippen MR) is 59.6 cm³/mol. The molecule has 0 aliphatic rings. The molecule has 0 amide bonds. The van der Waals surface area contributed by atoms with Gasteiger partial charge in [-0.3, -0.25) is 0 Å². The number of nitrogens with one attached hydrogen (secondary N) is 1. The van der Waals surface area contributed by atoms with Crippen molar-refractivity contribution >= 4 is 21.6 Å². The first-order valence-corrected chi connectivity index (χ1v) is 5.35. The molecule has 1 N–H and O–H groups in total. The summed E-state index contributed by atoms with van der Waals surface area (Å²) in [5.74, 6) is 0. The van der Waals surface area contributed by atoms with Crippen LogP contribution >= 0.6 is 11.3 Å². The highest BCUT2D eigenvalue weighted by Gasteiger charge is 2.17. The lowest BCUT2D eigenvalue weighted by Crippen LogP contribution is -2.10. The third kappa shape index (κ3) is 1.42. The molecule has 0 radical (unpaired) electrons. The maximum absolute atomic E-state index is 8.73. The molecule has 0 aliphatic heterocycles. The Hall–Kier alpha value is -1.27. The Morgan fingerprint density at radius 3 is 2.57 bits per heavy atom. The number of fused-ring (bicyclic) bond motifs is 1. The van der Waals surface area contributed by atoms with Gasteiger partial charge in [-0.15, -0.1) is 11.3 Å². The third-order valence-electron chi connectivity index (χ3n) is 2.22. The topological polar surface area (TPSA) is 39.6 Å². The Bertz CT molecular complexity index is 474. The van der Waals surface area contributed by atoms with Crippen LogP contribution in [-0.4, -0.2) is 4.98 Å². The van der Waals surface area contributed by atoms with E-state index in [-0.39, 0.29) is 5.41 Å². The first-order valence-electron chi connectivity index (χ1n) is 4.54. The molecule has 0 spiro atoms. The summed E-state index contributed by atoms with van der Waals surface area (Å²) in [7, 11) is 0. The van der Waals surface area contributed by atoms with Crippen LogP contribution in [0.15, 0.2) is 12.1 Å². The average molecular weight is 204 g/mol. The first-order chi connectivity index (χ1) is 6.50. The van der Waals surface area contributed by atoms with Crippen LogP contribution in [0.3, 0.4) is 0 Å². The molecule has 0 fully saturated rings. The van der Waals surface area contributed by atoms with Gasteiger partial charge in [-0.05, 0) is 12.1 Å². The molecule has 2 rings (SSSR count). The third-order valence-corrected chi connectivity index (χ3v) is 3.21. The van der Waals surface area contributed by atoms with E-state index in [0.717, 1.165) is 10.4 Å². The molecule has 0 bridgehead atoms. The Balaban J connectivity index is 2.56. The zero-order chi connectivity index (χ0) is 10.3. The molecule has 0 aromatic carbocycles. The number of nitrogens with zero attached hydrogens (tertiary/aromatic N) is 1. The molecule has 0 atom stereocenters. The number of thiophene rings is 1. The fourth-order valence-corrected chi connectivity index (χ4v) is 2.24. The average Bonchev–Trinajstić information content (AvgIpc) is 2.56. The van der Waals surface area contributed by atoms with Gasteiger partial charge in [0.05, 0.1) is 10.2 Å². The number of hydrogen-bond donors (Lipinski definition) is 1. The monoisotopic (exact) mass is 204 g/mol. The maximum atomic E-state index is 8.73. The van der Waals surface area contributed by atoms with E-state index >= 15 is 0 Å². The van der Waals surface area contributed by atoms with Gasteiger partial charge in [0, 0.05) is 11.1 Å². The summed E-state index contributed by atoms with van der Waals surface area (Å²) < 4.78 is 1.17. The van der Waals surface area contributed by atoms with Gasteiger partial charge in [0.25, 0.3) is 0 Å². The van der Waals surface area contributed by atoms with Crippen molar-refractivity contribution in [2.75, 3.05) is 0 Å². The maximum Gasteiger partial charge on any atom is 0.110 e. The Morgan fingerprint density at radius 2 is 2.07 bits per heavy atom. The molecular weight excluding hydrogens is 192 g/mol. The Labute approximate surface area is 87.2 Å². The molecule has 0 saturated carbocycles. The second kappa shape index (κ2) is 2.86. The number of aromatic amines is 1. The van der Waals surface area contributed by atoms with Crippen molar-refractivity contribution < 1.29 is 0 Å². The molecule has 2 aromatic heterocycles. The molecular formula is C11H12N2S. The summed E-state index contributed by atoms with van der Waals surface area (Å²) in [6, 6.07) is 6.21. The highest BCUT2D eigenvalue weighted by atomic mass is 32.1. The summed E-state index contributed by atoms with van der Waals surface area (Å²) in [5, 5.41) is 8.73. The van der Waals surface area contributed by atoms with Crippen LogP contribution in [0.25, 0.3) is 10.2 Å². The standard InChI is InChI=1S/C11H12N2S/c1-11(2,3)10-5-9-8(13-10)4-7(6-12)14-9/h4-5,13H,1-3H3. The van der Waals surface area contributed by atoms with Gasteiger partial charge in [0.15, 0.2) is 0 Å². The van der Waals surface area contributed by atoms with Crippen molar-refractivity contribution in [1.82, 2.24) is 4.98 Å². The van der Waals surface area contributed by atoms with Crippen molar-refractivity contribution in [1.29, 1.82) is 5.26 Å². The van der Waals surface area contributed by atoms with Crippen LogP contribution in [-0.2, 0) is 5.41 Å². The molecule has 0 unspecified atom stereocenters. The summed E-state index contributed by atoms with van der Waals surface area (Å²) in [4.78, 5) is 4.12. The number of hydrogen-bond acceptors (Lipinski definition) is 2.